The highest BCUT2D eigenvalue weighted by atomic mass is 16.2. The molecule has 3 amide bonds. The van der Waals surface area contributed by atoms with E-state index in [1.165, 1.54) is 4.90 Å². The first-order chi connectivity index (χ1) is 8.34. The Kier molecular flexibility index (Phi) is 5.14. The standard InChI is InChI=1S/C13H25N3O2/c1-13(2,9-15(3)4)8-14-12(18)16(10-17)7-11-5-6-11/h10-11H,5-9H2,1-4H3,(H,14,18). The zero-order valence-corrected chi connectivity index (χ0v) is 11.9. The van der Waals surface area contributed by atoms with E-state index in [1.807, 2.05) is 14.1 Å². The van der Waals surface area contributed by atoms with Crippen molar-refractivity contribution < 1.29 is 9.59 Å². The first-order valence-corrected chi connectivity index (χ1v) is 6.48. The molecule has 0 unspecified atom stereocenters. The number of nitrogens with zero attached hydrogens (tertiary/aromatic N) is 2. The molecule has 0 atom stereocenters. The summed E-state index contributed by atoms with van der Waals surface area (Å²) < 4.78 is 0. The van der Waals surface area contributed by atoms with E-state index in [-0.39, 0.29) is 11.4 Å². The van der Waals surface area contributed by atoms with Gasteiger partial charge in [0, 0.05) is 19.6 Å². The van der Waals surface area contributed by atoms with Crippen molar-refractivity contribution in [3.63, 3.8) is 0 Å². The molecule has 0 saturated heterocycles. The molecule has 0 heterocycles. The van der Waals surface area contributed by atoms with Crippen LogP contribution in [-0.4, -0.2) is 56.0 Å². The lowest BCUT2D eigenvalue weighted by atomic mass is 9.93. The van der Waals surface area contributed by atoms with E-state index < -0.39 is 0 Å². The normalized spacial score (nSPS) is 15.6. The van der Waals surface area contributed by atoms with Crippen LogP contribution < -0.4 is 5.32 Å². The zero-order chi connectivity index (χ0) is 13.8. The van der Waals surface area contributed by atoms with Crippen LogP contribution in [0, 0.1) is 11.3 Å². The SMILES string of the molecule is CN(C)CC(C)(C)CNC(=O)N(C=O)CC1CC1. The van der Waals surface area contributed by atoms with Crippen molar-refractivity contribution in [2.24, 2.45) is 11.3 Å². The van der Waals surface area contributed by atoms with Crippen LogP contribution in [0.1, 0.15) is 26.7 Å². The molecule has 0 aromatic heterocycles. The fraction of sp³-hybridized carbons (Fsp3) is 0.846. The minimum Gasteiger partial charge on any atom is -0.337 e. The Morgan fingerprint density at radius 3 is 2.44 bits per heavy atom. The van der Waals surface area contributed by atoms with Gasteiger partial charge in [0.05, 0.1) is 0 Å². The molecule has 5 heteroatoms. The van der Waals surface area contributed by atoms with Crippen LogP contribution in [0.25, 0.3) is 0 Å². The number of amides is 3. The summed E-state index contributed by atoms with van der Waals surface area (Å²) in [5.74, 6) is 0.524. The molecule has 1 N–H and O–H groups in total. The molecule has 18 heavy (non-hydrogen) atoms. The van der Waals surface area contributed by atoms with Crippen LogP contribution in [0.5, 0.6) is 0 Å². The average Bonchev–Trinajstić information content (AvgIpc) is 3.04. The van der Waals surface area contributed by atoms with Crippen LogP contribution in [-0.2, 0) is 4.79 Å². The van der Waals surface area contributed by atoms with Crippen molar-refractivity contribution in [1.29, 1.82) is 0 Å². The van der Waals surface area contributed by atoms with Gasteiger partial charge in [-0.05, 0) is 38.3 Å². The molecule has 1 saturated carbocycles. The number of rotatable bonds is 7. The van der Waals surface area contributed by atoms with Crippen molar-refractivity contribution in [3.05, 3.63) is 0 Å². The minimum atomic E-state index is -0.274. The molecule has 1 rings (SSSR count). The minimum absolute atomic E-state index is 0.00665. The summed E-state index contributed by atoms with van der Waals surface area (Å²) in [7, 11) is 4.02. The first kappa shape index (κ1) is 15.0. The van der Waals surface area contributed by atoms with Gasteiger partial charge in [-0.25, -0.2) is 4.79 Å². The second kappa shape index (κ2) is 6.18. The molecule has 0 spiro atoms. The first-order valence-electron chi connectivity index (χ1n) is 6.48. The molecule has 0 aromatic rings. The predicted octanol–water partition coefficient (Wildman–Crippen LogP) is 1.15. The van der Waals surface area contributed by atoms with Gasteiger partial charge >= 0.3 is 6.03 Å². The third-order valence-corrected chi connectivity index (χ3v) is 3.00. The molecule has 1 fully saturated rings. The van der Waals surface area contributed by atoms with Crippen molar-refractivity contribution in [2.45, 2.75) is 26.7 Å². The van der Waals surface area contributed by atoms with E-state index in [0.717, 1.165) is 19.4 Å². The maximum absolute atomic E-state index is 11.8. The van der Waals surface area contributed by atoms with E-state index >= 15 is 0 Å². The van der Waals surface area contributed by atoms with Gasteiger partial charge < -0.3 is 10.2 Å². The second-order valence-corrected chi connectivity index (χ2v) is 6.26. The summed E-state index contributed by atoms with van der Waals surface area (Å²) >= 11 is 0. The third kappa shape index (κ3) is 5.49. The summed E-state index contributed by atoms with van der Waals surface area (Å²) in [6.07, 6.45) is 2.89. The van der Waals surface area contributed by atoms with Crippen molar-refractivity contribution in [1.82, 2.24) is 15.1 Å². The Hall–Kier alpha value is -1.10. The molecule has 0 aromatic carbocycles. The van der Waals surface area contributed by atoms with Crippen LogP contribution >= 0.6 is 0 Å². The largest absolute Gasteiger partial charge is 0.337 e. The maximum Gasteiger partial charge on any atom is 0.323 e. The van der Waals surface area contributed by atoms with Crippen molar-refractivity contribution in [3.8, 4) is 0 Å². The Morgan fingerprint density at radius 1 is 1.39 bits per heavy atom. The fourth-order valence-corrected chi connectivity index (χ4v) is 2.08. The van der Waals surface area contributed by atoms with Crippen molar-refractivity contribution in [2.75, 3.05) is 33.7 Å². The zero-order valence-electron chi connectivity index (χ0n) is 11.9. The molecule has 1 aliphatic rings. The van der Waals surface area contributed by atoms with Crippen LogP contribution in [0.2, 0.25) is 0 Å². The Morgan fingerprint density at radius 2 is 2.00 bits per heavy atom. The summed E-state index contributed by atoms with van der Waals surface area (Å²) in [6, 6.07) is -0.274. The molecule has 104 valence electrons. The van der Waals surface area contributed by atoms with Gasteiger partial charge in [-0.2, -0.15) is 0 Å². The van der Waals surface area contributed by atoms with Crippen LogP contribution in [0.15, 0.2) is 0 Å². The lowest BCUT2D eigenvalue weighted by Crippen LogP contribution is -2.46. The van der Waals surface area contributed by atoms with Gasteiger partial charge in [-0.1, -0.05) is 13.8 Å². The summed E-state index contributed by atoms with van der Waals surface area (Å²) in [5.41, 5.74) is -0.00665. The maximum atomic E-state index is 11.8. The van der Waals surface area contributed by atoms with Crippen LogP contribution in [0.3, 0.4) is 0 Å². The fourth-order valence-electron chi connectivity index (χ4n) is 2.08. The number of hydrogen-bond donors (Lipinski definition) is 1. The van der Waals surface area contributed by atoms with Gasteiger partial charge in [0.25, 0.3) is 0 Å². The lowest BCUT2D eigenvalue weighted by Gasteiger charge is -2.29. The number of urea groups is 1. The third-order valence-electron chi connectivity index (χ3n) is 3.00. The number of hydrogen-bond acceptors (Lipinski definition) is 3. The lowest BCUT2D eigenvalue weighted by molar-refractivity contribution is -0.115. The summed E-state index contributed by atoms with van der Waals surface area (Å²) in [5, 5.41) is 2.84. The predicted molar refractivity (Wildman–Crippen MR) is 71.2 cm³/mol. The van der Waals surface area contributed by atoms with Gasteiger partial charge in [-0.15, -0.1) is 0 Å². The monoisotopic (exact) mass is 255 g/mol. The highest BCUT2D eigenvalue weighted by molar-refractivity contribution is 5.84. The Labute approximate surface area is 110 Å². The molecule has 0 bridgehead atoms. The molecular weight excluding hydrogens is 230 g/mol. The van der Waals surface area contributed by atoms with E-state index in [9.17, 15) is 9.59 Å². The summed E-state index contributed by atoms with van der Waals surface area (Å²) in [6.45, 7) is 6.21. The molecular formula is C13H25N3O2. The molecule has 0 aliphatic heterocycles. The quantitative estimate of drug-likeness (QED) is 0.694. The highest BCUT2D eigenvalue weighted by Gasteiger charge is 2.27. The number of nitrogens with one attached hydrogen (secondary N) is 1. The average molecular weight is 255 g/mol. The van der Waals surface area contributed by atoms with Crippen molar-refractivity contribution >= 4 is 12.4 Å². The highest BCUT2D eigenvalue weighted by Crippen LogP contribution is 2.29. The number of carbonyl (C=O) groups excluding carboxylic acids is 2. The van der Waals surface area contributed by atoms with Gasteiger partial charge in [0.1, 0.15) is 0 Å². The van der Waals surface area contributed by atoms with E-state index in [2.05, 4.69) is 24.1 Å². The Bertz CT molecular complexity index is 299. The molecule has 1 aliphatic carbocycles. The smallest absolute Gasteiger partial charge is 0.323 e. The number of imide groups is 1. The molecule has 5 nitrogen and oxygen atoms in total. The topological polar surface area (TPSA) is 52.7 Å². The summed E-state index contributed by atoms with van der Waals surface area (Å²) in [4.78, 5) is 26.1. The second-order valence-electron chi connectivity index (χ2n) is 6.26. The molecule has 0 radical (unpaired) electrons. The van der Waals surface area contributed by atoms with Gasteiger partial charge in [0.15, 0.2) is 0 Å². The van der Waals surface area contributed by atoms with Gasteiger partial charge in [-0.3, -0.25) is 9.69 Å². The van der Waals surface area contributed by atoms with E-state index in [1.54, 1.807) is 0 Å². The van der Waals surface area contributed by atoms with E-state index in [4.69, 9.17) is 0 Å². The van der Waals surface area contributed by atoms with Gasteiger partial charge in [0.2, 0.25) is 6.41 Å². The van der Waals surface area contributed by atoms with Crippen LogP contribution in [0.4, 0.5) is 4.79 Å². The Balaban J connectivity index is 2.35. The van der Waals surface area contributed by atoms with E-state index in [0.29, 0.717) is 25.4 Å². The number of carbonyl (C=O) groups is 2.